The van der Waals surface area contributed by atoms with Crippen LogP contribution in [0.2, 0.25) is 0 Å². The summed E-state index contributed by atoms with van der Waals surface area (Å²) in [7, 11) is 0. The van der Waals surface area contributed by atoms with E-state index in [1.807, 2.05) is 23.4 Å². The van der Waals surface area contributed by atoms with Crippen LogP contribution in [0.5, 0.6) is 5.75 Å². The van der Waals surface area contributed by atoms with Gasteiger partial charge in [0.05, 0.1) is 18.2 Å². The van der Waals surface area contributed by atoms with E-state index in [2.05, 4.69) is 10.1 Å². The van der Waals surface area contributed by atoms with Crippen LogP contribution in [0.1, 0.15) is 37.0 Å². The monoisotopic (exact) mass is 288 g/mol. The molecule has 21 heavy (non-hydrogen) atoms. The Labute approximate surface area is 123 Å². The molecule has 6 nitrogen and oxygen atoms in total. The zero-order valence-corrected chi connectivity index (χ0v) is 12.5. The number of amides is 1. The van der Waals surface area contributed by atoms with Gasteiger partial charge in [-0.3, -0.25) is 4.79 Å². The summed E-state index contributed by atoms with van der Waals surface area (Å²) in [6, 6.07) is 0. The molecule has 0 N–H and O–H groups in total. The molecule has 0 spiro atoms. The number of ether oxygens (including phenoxy) is 1. The number of hydrogen-bond acceptors (Lipinski definition) is 4. The molecule has 0 unspecified atom stereocenters. The minimum Gasteiger partial charge on any atom is -0.492 e. The predicted octanol–water partition coefficient (Wildman–Crippen LogP) is 2.09. The van der Waals surface area contributed by atoms with Gasteiger partial charge < -0.3 is 9.64 Å². The summed E-state index contributed by atoms with van der Waals surface area (Å²) in [5.74, 6) is 0.619. The quantitative estimate of drug-likeness (QED) is 0.864. The molecule has 0 atom stereocenters. The molecule has 1 aliphatic rings. The number of carbonyl (C=O) groups is 1. The van der Waals surface area contributed by atoms with Gasteiger partial charge in [-0.05, 0) is 26.7 Å². The second-order valence-electron chi connectivity index (χ2n) is 5.13. The van der Waals surface area contributed by atoms with Crippen LogP contribution >= 0.6 is 0 Å². The van der Waals surface area contributed by atoms with Crippen LogP contribution in [-0.4, -0.2) is 45.3 Å². The first-order valence-electron chi connectivity index (χ1n) is 7.52. The van der Waals surface area contributed by atoms with E-state index in [0.717, 1.165) is 43.5 Å². The predicted molar refractivity (Wildman–Crippen MR) is 79.5 cm³/mol. The smallest absolute Gasteiger partial charge is 0.259 e. The maximum Gasteiger partial charge on any atom is 0.259 e. The summed E-state index contributed by atoms with van der Waals surface area (Å²) in [5, 5.41) is 5.11. The standard InChI is InChI=1S/C15H20N4O2/c1-3-19-14-11(10-17-19)13(21-4-2)12(9-16-14)15(20)18-7-5-6-8-18/h9-10H,3-8H2,1-2H3. The first-order chi connectivity index (χ1) is 10.3. The summed E-state index contributed by atoms with van der Waals surface area (Å²) in [6.45, 7) is 6.81. The molecule has 1 saturated heterocycles. The van der Waals surface area contributed by atoms with E-state index in [1.165, 1.54) is 0 Å². The van der Waals surface area contributed by atoms with Crippen LogP contribution in [0.25, 0.3) is 11.0 Å². The zero-order chi connectivity index (χ0) is 14.8. The van der Waals surface area contributed by atoms with Gasteiger partial charge in [-0.2, -0.15) is 5.10 Å². The van der Waals surface area contributed by atoms with Crippen LogP contribution in [0.3, 0.4) is 0 Å². The van der Waals surface area contributed by atoms with Crippen molar-refractivity contribution in [2.75, 3.05) is 19.7 Å². The molecule has 1 fully saturated rings. The lowest BCUT2D eigenvalue weighted by Gasteiger charge is -2.17. The Hall–Kier alpha value is -2.11. The Bertz CT molecular complexity index is 659. The topological polar surface area (TPSA) is 60.2 Å². The van der Waals surface area contributed by atoms with E-state index in [-0.39, 0.29) is 5.91 Å². The number of nitrogens with zero attached hydrogens (tertiary/aromatic N) is 4. The van der Waals surface area contributed by atoms with Gasteiger partial charge in [0, 0.05) is 25.8 Å². The highest BCUT2D eigenvalue weighted by molar-refractivity contribution is 6.01. The number of carbonyl (C=O) groups excluding carboxylic acids is 1. The largest absolute Gasteiger partial charge is 0.492 e. The number of aryl methyl sites for hydroxylation is 1. The van der Waals surface area contributed by atoms with Crippen LogP contribution in [0, 0.1) is 0 Å². The zero-order valence-electron chi connectivity index (χ0n) is 12.5. The van der Waals surface area contributed by atoms with Crippen molar-refractivity contribution in [2.45, 2.75) is 33.2 Å². The van der Waals surface area contributed by atoms with E-state index in [0.29, 0.717) is 17.9 Å². The van der Waals surface area contributed by atoms with Crippen LogP contribution in [0.4, 0.5) is 0 Å². The number of aromatic nitrogens is 3. The van der Waals surface area contributed by atoms with Crippen molar-refractivity contribution in [1.29, 1.82) is 0 Å². The molecule has 0 aromatic carbocycles. The number of rotatable bonds is 4. The molecule has 0 radical (unpaired) electrons. The number of hydrogen-bond donors (Lipinski definition) is 0. The SMILES string of the molecule is CCOc1c(C(=O)N2CCCC2)cnc2c1cnn2CC. The molecule has 3 rings (SSSR count). The average Bonchev–Trinajstić information content (AvgIpc) is 3.16. The Morgan fingerprint density at radius 2 is 2.05 bits per heavy atom. The van der Waals surface area contributed by atoms with Crippen molar-refractivity contribution in [3.63, 3.8) is 0 Å². The second-order valence-corrected chi connectivity index (χ2v) is 5.13. The fourth-order valence-corrected chi connectivity index (χ4v) is 2.78. The van der Waals surface area contributed by atoms with Crippen LogP contribution in [-0.2, 0) is 6.54 Å². The summed E-state index contributed by atoms with van der Waals surface area (Å²) >= 11 is 0. The van der Waals surface area contributed by atoms with Gasteiger partial charge in [-0.15, -0.1) is 0 Å². The normalized spacial score (nSPS) is 14.9. The van der Waals surface area contributed by atoms with Gasteiger partial charge in [-0.1, -0.05) is 0 Å². The van der Waals surface area contributed by atoms with Crippen molar-refractivity contribution in [1.82, 2.24) is 19.7 Å². The molecular formula is C15H20N4O2. The van der Waals surface area contributed by atoms with E-state index in [1.54, 1.807) is 12.4 Å². The Morgan fingerprint density at radius 1 is 1.29 bits per heavy atom. The van der Waals surface area contributed by atoms with Crippen molar-refractivity contribution in [2.24, 2.45) is 0 Å². The Morgan fingerprint density at radius 3 is 2.71 bits per heavy atom. The van der Waals surface area contributed by atoms with Crippen LogP contribution in [0.15, 0.2) is 12.4 Å². The number of likely N-dealkylation sites (tertiary alicyclic amines) is 1. The highest BCUT2D eigenvalue weighted by Crippen LogP contribution is 2.30. The highest BCUT2D eigenvalue weighted by atomic mass is 16.5. The highest BCUT2D eigenvalue weighted by Gasteiger charge is 2.25. The molecule has 1 amide bonds. The third kappa shape index (κ3) is 2.34. The molecule has 2 aromatic heterocycles. The fraction of sp³-hybridized carbons (Fsp3) is 0.533. The van der Waals surface area contributed by atoms with Gasteiger partial charge >= 0.3 is 0 Å². The van der Waals surface area contributed by atoms with Gasteiger partial charge in [-0.25, -0.2) is 9.67 Å². The lowest BCUT2D eigenvalue weighted by atomic mass is 10.2. The molecule has 3 heterocycles. The van der Waals surface area contributed by atoms with E-state index >= 15 is 0 Å². The van der Waals surface area contributed by atoms with E-state index < -0.39 is 0 Å². The molecular weight excluding hydrogens is 268 g/mol. The molecule has 6 heteroatoms. The maximum atomic E-state index is 12.6. The van der Waals surface area contributed by atoms with Crippen molar-refractivity contribution < 1.29 is 9.53 Å². The third-order valence-electron chi connectivity index (χ3n) is 3.83. The van der Waals surface area contributed by atoms with Gasteiger partial charge in [0.15, 0.2) is 5.65 Å². The molecule has 0 bridgehead atoms. The lowest BCUT2D eigenvalue weighted by Crippen LogP contribution is -2.28. The number of fused-ring (bicyclic) bond motifs is 1. The Kier molecular flexibility index (Phi) is 3.77. The second kappa shape index (κ2) is 5.71. The summed E-state index contributed by atoms with van der Waals surface area (Å²) < 4.78 is 7.56. The van der Waals surface area contributed by atoms with Crippen molar-refractivity contribution in [3.8, 4) is 5.75 Å². The van der Waals surface area contributed by atoms with E-state index in [9.17, 15) is 4.79 Å². The van der Waals surface area contributed by atoms with Crippen molar-refractivity contribution in [3.05, 3.63) is 18.0 Å². The van der Waals surface area contributed by atoms with Crippen LogP contribution < -0.4 is 4.74 Å². The minimum absolute atomic E-state index is 0.00889. The van der Waals surface area contributed by atoms with Crippen molar-refractivity contribution >= 4 is 16.9 Å². The Balaban J connectivity index is 2.08. The van der Waals surface area contributed by atoms with Gasteiger partial charge in [0.25, 0.3) is 5.91 Å². The fourth-order valence-electron chi connectivity index (χ4n) is 2.78. The maximum absolute atomic E-state index is 12.6. The van der Waals surface area contributed by atoms with Gasteiger partial charge in [0.2, 0.25) is 0 Å². The average molecular weight is 288 g/mol. The summed E-state index contributed by atoms with van der Waals surface area (Å²) in [5.41, 5.74) is 1.31. The molecule has 112 valence electrons. The first kappa shape index (κ1) is 13.9. The summed E-state index contributed by atoms with van der Waals surface area (Å²) in [6.07, 6.45) is 5.50. The molecule has 0 aliphatic carbocycles. The lowest BCUT2D eigenvalue weighted by molar-refractivity contribution is 0.0788. The summed E-state index contributed by atoms with van der Waals surface area (Å²) in [4.78, 5) is 18.9. The number of pyridine rings is 1. The first-order valence-corrected chi connectivity index (χ1v) is 7.52. The molecule has 0 saturated carbocycles. The van der Waals surface area contributed by atoms with E-state index in [4.69, 9.17) is 4.74 Å². The molecule has 1 aliphatic heterocycles. The third-order valence-corrected chi connectivity index (χ3v) is 3.83. The van der Waals surface area contributed by atoms with Gasteiger partial charge in [0.1, 0.15) is 11.3 Å². The molecule has 2 aromatic rings. The minimum atomic E-state index is 0.00889.